The summed E-state index contributed by atoms with van der Waals surface area (Å²) in [6, 6.07) is 6.65. The molecule has 3 amide bonds. The molecule has 1 aromatic carbocycles. The molecule has 1 aliphatic heterocycles. The summed E-state index contributed by atoms with van der Waals surface area (Å²) >= 11 is 1.41. The SMILES string of the molecule is Cc1nc(C)c(C(=O)N(C)CCCC[C@H]2C(=O)N(C)CCCCCOc3ccccc3C(=O)N2C)s1. The highest BCUT2D eigenvalue weighted by atomic mass is 32.1. The van der Waals surface area contributed by atoms with Crippen molar-refractivity contribution in [2.75, 3.05) is 40.8 Å². The smallest absolute Gasteiger partial charge is 0.265 e. The molecule has 2 heterocycles. The molecular formula is C27H38N4O4S. The van der Waals surface area contributed by atoms with Gasteiger partial charge in [0.1, 0.15) is 16.7 Å². The highest BCUT2D eigenvalue weighted by Crippen LogP contribution is 2.24. The Balaban J connectivity index is 1.68. The number of aromatic nitrogens is 1. The van der Waals surface area contributed by atoms with E-state index in [0.29, 0.717) is 48.7 Å². The van der Waals surface area contributed by atoms with Gasteiger partial charge in [0.05, 0.1) is 22.9 Å². The Morgan fingerprint density at radius 1 is 1.14 bits per heavy atom. The number of nitrogens with zero attached hydrogens (tertiary/aromatic N) is 4. The lowest BCUT2D eigenvalue weighted by atomic mass is 10.0. The molecule has 0 spiro atoms. The summed E-state index contributed by atoms with van der Waals surface area (Å²) < 4.78 is 5.92. The Bertz CT molecular complexity index is 1070. The minimum absolute atomic E-state index is 0.0279. The number of ether oxygens (including phenoxy) is 1. The van der Waals surface area contributed by atoms with Gasteiger partial charge in [-0.1, -0.05) is 12.1 Å². The molecule has 0 saturated carbocycles. The summed E-state index contributed by atoms with van der Waals surface area (Å²) in [4.78, 5) is 49.7. The van der Waals surface area contributed by atoms with Crippen molar-refractivity contribution in [1.29, 1.82) is 0 Å². The molecule has 9 heteroatoms. The van der Waals surface area contributed by atoms with Crippen molar-refractivity contribution >= 4 is 29.1 Å². The van der Waals surface area contributed by atoms with Crippen molar-refractivity contribution < 1.29 is 19.1 Å². The first-order valence-corrected chi connectivity index (χ1v) is 13.5. The monoisotopic (exact) mass is 514 g/mol. The molecule has 1 aliphatic rings. The Hall–Kier alpha value is -2.94. The van der Waals surface area contributed by atoms with Crippen LogP contribution in [0.4, 0.5) is 0 Å². The lowest BCUT2D eigenvalue weighted by molar-refractivity contribution is -0.134. The average Bonchev–Trinajstić information content (AvgIpc) is 3.21. The van der Waals surface area contributed by atoms with Crippen LogP contribution in [0.15, 0.2) is 24.3 Å². The van der Waals surface area contributed by atoms with Crippen LogP contribution in [-0.4, -0.2) is 84.3 Å². The largest absolute Gasteiger partial charge is 0.493 e. The van der Waals surface area contributed by atoms with Gasteiger partial charge in [-0.15, -0.1) is 11.3 Å². The molecule has 8 nitrogen and oxygen atoms in total. The van der Waals surface area contributed by atoms with E-state index in [1.165, 1.54) is 11.3 Å². The zero-order valence-electron chi connectivity index (χ0n) is 22.1. The van der Waals surface area contributed by atoms with E-state index in [1.807, 2.05) is 39.1 Å². The third kappa shape index (κ3) is 6.84. The summed E-state index contributed by atoms with van der Waals surface area (Å²) in [5, 5.41) is 0.879. The highest BCUT2D eigenvalue weighted by Gasteiger charge is 2.31. The summed E-state index contributed by atoms with van der Waals surface area (Å²) in [6.07, 6.45) is 4.67. The first-order valence-electron chi connectivity index (χ1n) is 12.6. The maximum absolute atomic E-state index is 13.4. The van der Waals surface area contributed by atoms with E-state index in [0.717, 1.165) is 36.4 Å². The quantitative estimate of drug-likeness (QED) is 0.541. The predicted octanol–water partition coefficient (Wildman–Crippen LogP) is 4.16. The maximum Gasteiger partial charge on any atom is 0.265 e. The maximum atomic E-state index is 13.4. The number of para-hydroxylation sites is 1. The number of fused-ring (bicyclic) bond motifs is 1. The van der Waals surface area contributed by atoms with Crippen LogP contribution in [-0.2, 0) is 4.79 Å². The van der Waals surface area contributed by atoms with Crippen LogP contribution in [0, 0.1) is 13.8 Å². The summed E-state index contributed by atoms with van der Waals surface area (Å²) in [5.41, 5.74) is 1.23. The van der Waals surface area contributed by atoms with Crippen molar-refractivity contribution in [3.8, 4) is 5.75 Å². The lowest BCUT2D eigenvalue weighted by Gasteiger charge is -2.31. The Morgan fingerprint density at radius 2 is 1.89 bits per heavy atom. The number of amides is 3. The van der Waals surface area contributed by atoms with Crippen LogP contribution < -0.4 is 4.74 Å². The van der Waals surface area contributed by atoms with E-state index in [9.17, 15) is 14.4 Å². The fraction of sp³-hybridized carbons (Fsp3) is 0.556. The van der Waals surface area contributed by atoms with Crippen molar-refractivity contribution in [1.82, 2.24) is 19.7 Å². The Morgan fingerprint density at radius 3 is 2.61 bits per heavy atom. The standard InChI is InChI=1S/C27H38N4O4S/c1-19-24(36-20(2)28-19)27(34)30(4)17-11-9-14-22-26(33)29(3)16-10-6-12-18-35-23-15-8-7-13-21(23)25(32)31(22)5/h7-8,13,15,22H,6,9-12,14,16-18H2,1-5H3/t22-/m0/s1. The Labute approximate surface area is 218 Å². The van der Waals surface area contributed by atoms with Crippen molar-refractivity contribution in [2.45, 2.75) is 58.4 Å². The topological polar surface area (TPSA) is 83.0 Å². The number of likely N-dealkylation sites (N-methyl/N-ethyl adjacent to an activating group) is 2. The third-order valence-electron chi connectivity index (χ3n) is 6.63. The van der Waals surface area contributed by atoms with Gasteiger partial charge in [0, 0.05) is 34.2 Å². The van der Waals surface area contributed by atoms with Crippen LogP contribution in [0.25, 0.3) is 0 Å². The molecule has 36 heavy (non-hydrogen) atoms. The van der Waals surface area contributed by atoms with Gasteiger partial charge in [-0.2, -0.15) is 0 Å². The zero-order valence-corrected chi connectivity index (χ0v) is 22.9. The van der Waals surface area contributed by atoms with Gasteiger partial charge in [-0.25, -0.2) is 4.98 Å². The predicted molar refractivity (Wildman–Crippen MR) is 142 cm³/mol. The van der Waals surface area contributed by atoms with Gasteiger partial charge in [-0.05, 0) is 64.5 Å². The van der Waals surface area contributed by atoms with Crippen LogP contribution >= 0.6 is 11.3 Å². The number of rotatable bonds is 6. The van der Waals surface area contributed by atoms with E-state index in [4.69, 9.17) is 4.74 Å². The highest BCUT2D eigenvalue weighted by molar-refractivity contribution is 7.13. The normalized spacial score (nSPS) is 17.5. The molecule has 0 aliphatic carbocycles. The summed E-state index contributed by atoms with van der Waals surface area (Å²) in [6.45, 7) is 5.52. The zero-order chi connectivity index (χ0) is 26.2. The van der Waals surface area contributed by atoms with Crippen LogP contribution in [0.2, 0.25) is 0 Å². The number of unbranched alkanes of at least 4 members (excludes halogenated alkanes) is 1. The molecule has 0 fully saturated rings. The molecule has 0 N–H and O–H groups in total. The Kier molecular flexibility index (Phi) is 9.87. The van der Waals surface area contributed by atoms with E-state index in [1.54, 1.807) is 34.9 Å². The second kappa shape index (κ2) is 12.9. The van der Waals surface area contributed by atoms with Gasteiger partial charge in [0.2, 0.25) is 5.91 Å². The molecule has 2 aromatic rings. The van der Waals surface area contributed by atoms with Crippen molar-refractivity contribution in [3.05, 3.63) is 45.4 Å². The fourth-order valence-corrected chi connectivity index (χ4v) is 5.36. The lowest BCUT2D eigenvalue weighted by Crippen LogP contribution is -2.48. The molecule has 0 unspecified atom stereocenters. The number of hydrogen-bond acceptors (Lipinski definition) is 6. The molecule has 196 valence electrons. The molecule has 1 aromatic heterocycles. The van der Waals surface area contributed by atoms with Gasteiger partial charge in [-0.3, -0.25) is 14.4 Å². The molecule has 0 saturated heterocycles. The summed E-state index contributed by atoms with van der Waals surface area (Å²) in [7, 11) is 5.30. The first kappa shape index (κ1) is 27.6. The molecule has 0 radical (unpaired) electrons. The minimum atomic E-state index is -0.580. The van der Waals surface area contributed by atoms with Gasteiger partial charge in [0.25, 0.3) is 11.8 Å². The van der Waals surface area contributed by atoms with Crippen LogP contribution in [0.3, 0.4) is 0 Å². The average molecular weight is 515 g/mol. The van der Waals surface area contributed by atoms with Crippen LogP contribution in [0.1, 0.15) is 69.3 Å². The molecule has 0 bridgehead atoms. The fourth-order valence-electron chi connectivity index (χ4n) is 4.45. The van der Waals surface area contributed by atoms with Crippen molar-refractivity contribution in [3.63, 3.8) is 0 Å². The molecular weight excluding hydrogens is 476 g/mol. The summed E-state index contributed by atoms with van der Waals surface area (Å²) in [5.74, 6) is 0.255. The minimum Gasteiger partial charge on any atom is -0.493 e. The molecule has 3 rings (SSSR count). The third-order valence-corrected chi connectivity index (χ3v) is 7.69. The number of hydrogen-bond donors (Lipinski definition) is 0. The van der Waals surface area contributed by atoms with Gasteiger partial charge < -0.3 is 19.4 Å². The number of aryl methyl sites for hydroxylation is 2. The number of carbonyl (C=O) groups excluding carboxylic acids is 3. The van der Waals surface area contributed by atoms with E-state index < -0.39 is 6.04 Å². The number of thiazole rings is 1. The van der Waals surface area contributed by atoms with Crippen molar-refractivity contribution in [2.24, 2.45) is 0 Å². The van der Waals surface area contributed by atoms with E-state index in [-0.39, 0.29) is 17.7 Å². The van der Waals surface area contributed by atoms with Gasteiger partial charge in [0.15, 0.2) is 0 Å². The number of benzene rings is 1. The molecule has 1 atom stereocenters. The van der Waals surface area contributed by atoms with E-state index >= 15 is 0 Å². The first-order chi connectivity index (χ1) is 17.2. The second-order valence-electron chi connectivity index (χ2n) is 9.47. The van der Waals surface area contributed by atoms with E-state index in [2.05, 4.69) is 4.98 Å². The van der Waals surface area contributed by atoms with Crippen LogP contribution in [0.5, 0.6) is 5.75 Å². The van der Waals surface area contributed by atoms with Gasteiger partial charge >= 0.3 is 0 Å². The number of carbonyl (C=O) groups is 3. The second-order valence-corrected chi connectivity index (χ2v) is 10.7.